The van der Waals surface area contributed by atoms with Crippen LogP contribution >= 0.6 is 0 Å². The standard InChI is InChI=1S/C23H39N3O3S/c1-16(2)25(7)12-8-11-24-23(27)21-9-13-26(14-10-21)30(28,29)22-19(5)17(3)15-18(4)20(22)6/h15-16,21H,8-14H2,1-7H3,(H,24,27). The van der Waals surface area contributed by atoms with Crippen LogP contribution < -0.4 is 5.32 Å². The zero-order valence-electron chi connectivity index (χ0n) is 19.7. The third-order valence-electron chi connectivity index (χ3n) is 6.59. The van der Waals surface area contributed by atoms with Crippen molar-refractivity contribution in [1.29, 1.82) is 0 Å². The highest BCUT2D eigenvalue weighted by Crippen LogP contribution is 2.31. The van der Waals surface area contributed by atoms with Gasteiger partial charge in [-0.25, -0.2) is 8.42 Å². The Morgan fingerprint density at radius 2 is 1.67 bits per heavy atom. The Morgan fingerprint density at radius 3 is 2.17 bits per heavy atom. The fourth-order valence-electron chi connectivity index (χ4n) is 4.00. The number of rotatable bonds is 8. The number of nitrogens with zero attached hydrogens (tertiary/aromatic N) is 2. The first kappa shape index (κ1) is 24.8. The summed E-state index contributed by atoms with van der Waals surface area (Å²) in [6, 6.07) is 2.54. The van der Waals surface area contributed by atoms with Crippen molar-refractivity contribution in [3.63, 3.8) is 0 Å². The summed E-state index contributed by atoms with van der Waals surface area (Å²) >= 11 is 0. The van der Waals surface area contributed by atoms with E-state index in [-0.39, 0.29) is 11.8 Å². The number of carbonyl (C=O) groups excluding carboxylic acids is 1. The van der Waals surface area contributed by atoms with Crippen LogP contribution in [-0.2, 0) is 14.8 Å². The quantitative estimate of drug-likeness (QED) is 0.634. The lowest BCUT2D eigenvalue weighted by atomic mass is 9.97. The van der Waals surface area contributed by atoms with Crippen molar-refractivity contribution in [3.8, 4) is 0 Å². The Hall–Kier alpha value is -1.44. The van der Waals surface area contributed by atoms with Gasteiger partial charge in [-0.05, 0) is 96.7 Å². The minimum absolute atomic E-state index is 0.0537. The summed E-state index contributed by atoms with van der Waals surface area (Å²) in [6.07, 6.45) is 2.05. The molecule has 0 atom stereocenters. The summed E-state index contributed by atoms with van der Waals surface area (Å²) in [7, 11) is -1.47. The maximum Gasteiger partial charge on any atom is 0.243 e. The number of benzene rings is 1. The van der Waals surface area contributed by atoms with Crippen molar-refractivity contribution in [2.24, 2.45) is 5.92 Å². The average molecular weight is 438 g/mol. The molecule has 1 aliphatic heterocycles. The van der Waals surface area contributed by atoms with E-state index in [0.717, 1.165) is 35.2 Å². The number of aryl methyl sites for hydroxylation is 2. The first-order chi connectivity index (χ1) is 14.0. The van der Waals surface area contributed by atoms with Crippen LogP contribution in [0.25, 0.3) is 0 Å². The molecule has 0 aliphatic carbocycles. The van der Waals surface area contributed by atoms with Crippen LogP contribution in [0.3, 0.4) is 0 Å². The molecule has 1 aromatic rings. The Bertz CT molecular complexity index is 831. The fraction of sp³-hybridized carbons (Fsp3) is 0.696. The van der Waals surface area contributed by atoms with Gasteiger partial charge in [-0.15, -0.1) is 0 Å². The van der Waals surface area contributed by atoms with E-state index in [2.05, 4.69) is 31.1 Å². The van der Waals surface area contributed by atoms with Crippen molar-refractivity contribution < 1.29 is 13.2 Å². The van der Waals surface area contributed by atoms with Crippen molar-refractivity contribution in [1.82, 2.24) is 14.5 Å². The number of sulfonamides is 1. The third-order valence-corrected chi connectivity index (χ3v) is 8.76. The molecule has 1 amide bonds. The van der Waals surface area contributed by atoms with Crippen molar-refractivity contribution >= 4 is 15.9 Å². The molecule has 1 aliphatic rings. The van der Waals surface area contributed by atoms with E-state index >= 15 is 0 Å². The Morgan fingerprint density at radius 1 is 1.13 bits per heavy atom. The second kappa shape index (κ2) is 10.2. The molecule has 7 heteroatoms. The minimum atomic E-state index is -3.56. The molecule has 0 spiro atoms. The first-order valence-electron chi connectivity index (χ1n) is 11.0. The minimum Gasteiger partial charge on any atom is -0.356 e. The van der Waals surface area contributed by atoms with Crippen molar-refractivity contribution in [2.45, 2.75) is 71.7 Å². The SMILES string of the molecule is Cc1cc(C)c(C)c(S(=O)(=O)N2CCC(C(=O)NCCCN(C)C(C)C)CC2)c1C. The Labute approximate surface area is 183 Å². The van der Waals surface area contributed by atoms with Gasteiger partial charge >= 0.3 is 0 Å². The summed E-state index contributed by atoms with van der Waals surface area (Å²) in [4.78, 5) is 15.2. The van der Waals surface area contributed by atoms with Crippen LogP contribution in [0.2, 0.25) is 0 Å². The second-order valence-corrected chi connectivity index (χ2v) is 10.9. The molecule has 0 radical (unpaired) electrons. The lowest BCUT2D eigenvalue weighted by Gasteiger charge is -2.32. The van der Waals surface area contributed by atoms with E-state index in [1.54, 1.807) is 4.31 Å². The Kier molecular flexibility index (Phi) is 8.48. The van der Waals surface area contributed by atoms with Gasteiger partial charge in [0.25, 0.3) is 0 Å². The van der Waals surface area contributed by atoms with Gasteiger partial charge in [0.05, 0.1) is 4.90 Å². The number of nitrogens with one attached hydrogen (secondary N) is 1. The van der Waals surface area contributed by atoms with Gasteiger partial charge in [0.1, 0.15) is 0 Å². The maximum absolute atomic E-state index is 13.4. The summed E-state index contributed by atoms with van der Waals surface area (Å²) in [5, 5.41) is 3.03. The van der Waals surface area contributed by atoms with Crippen LogP contribution in [0.15, 0.2) is 11.0 Å². The van der Waals surface area contributed by atoms with Crippen LogP contribution in [-0.4, -0.2) is 62.8 Å². The summed E-state index contributed by atoms with van der Waals surface area (Å²) in [6.45, 7) is 14.4. The zero-order chi connectivity index (χ0) is 22.6. The molecule has 30 heavy (non-hydrogen) atoms. The lowest BCUT2D eigenvalue weighted by molar-refractivity contribution is -0.126. The molecular weight excluding hydrogens is 398 g/mol. The normalized spacial score (nSPS) is 16.4. The first-order valence-corrected chi connectivity index (χ1v) is 12.5. The van der Waals surface area contributed by atoms with Gasteiger partial charge in [-0.3, -0.25) is 4.79 Å². The highest BCUT2D eigenvalue weighted by atomic mass is 32.2. The zero-order valence-corrected chi connectivity index (χ0v) is 20.5. The highest BCUT2D eigenvalue weighted by molar-refractivity contribution is 7.89. The van der Waals surface area contributed by atoms with E-state index in [9.17, 15) is 13.2 Å². The number of hydrogen-bond acceptors (Lipinski definition) is 4. The number of hydrogen-bond donors (Lipinski definition) is 1. The lowest BCUT2D eigenvalue weighted by Crippen LogP contribution is -2.43. The number of carbonyl (C=O) groups is 1. The average Bonchev–Trinajstić information content (AvgIpc) is 2.69. The van der Waals surface area contributed by atoms with Crippen LogP contribution in [0, 0.1) is 33.6 Å². The largest absolute Gasteiger partial charge is 0.356 e. The van der Waals surface area contributed by atoms with E-state index in [1.165, 1.54) is 0 Å². The van der Waals surface area contributed by atoms with Crippen molar-refractivity contribution in [2.75, 3.05) is 33.2 Å². The smallest absolute Gasteiger partial charge is 0.243 e. The van der Waals surface area contributed by atoms with Gasteiger partial charge < -0.3 is 10.2 Å². The van der Waals surface area contributed by atoms with E-state index in [0.29, 0.717) is 43.4 Å². The van der Waals surface area contributed by atoms with Gasteiger partial charge in [0.2, 0.25) is 15.9 Å². The molecule has 0 aromatic heterocycles. The van der Waals surface area contributed by atoms with Gasteiger partial charge in [0, 0.05) is 31.6 Å². The van der Waals surface area contributed by atoms with Crippen LogP contribution in [0.1, 0.15) is 55.4 Å². The molecule has 1 heterocycles. The van der Waals surface area contributed by atoms with Gasteiger partial charge in [0.15, 0.2) is 0 Å². The van der Waals surface area contributed by atoms with E-state index < -0.39 is 10.0 Å². The van der Waals surface area contributed by atoms with E-state index in [4.69, 9.17) is 0 Å². The molecule has 1 saturated heterocycles. The number of piperidine rings is 1. The third kappa shape index (κ3) is 5.62. The predicted molar refractivity (Wildman–Crippen MR) is 122 cm³/mol. The monoisotopic (exact) mass is 437 g/mol. The van der Waals surface area contributed by atoms with Gasteiger partial charge in [-0.1, -0.05) is 6.07 Å². The molecule has 1 aromatic carbocycles. The molecule has 2 rings (SSSR count). The van der Waals surface area contributed by atoms with E-state index in [1.807, 2.05) is 33.8 Å². The summed E-state index contributed by atoms with van der Waals surface area (Å²) in [5.74, 6) is -0.0567. The molecule has 0 unspecified atom stereocenters. The van der Waals surface area contributed by atoms with Crippen molar-refractivity contribution in [3.05, 3.63) is 28.3 Å². The van der Waals surface area contributed by atoms with Crippen LogP contribution in [0.4, 0.5) is 0 Å². The molecule has 0 saturated carbocycles. The molecule has 1 fully saturated rings. The summed E-state index contributed by atoms with van der Waals surface area (Å²) in [5.41, 5.74) is 3.64. The molecule has 170 valence electrons. The summed E-state index contributed by atoms with van der Waals surface area (Å²) < 4.78 is 28.3. The Balaban J connectivity index is 1.95. The van der Waals surface area contributed by atoms with Crippen LogP contribution in [0.5, 0.6) is 0 Å². The second-order valence-electron chi connectivity index (χ2n) is 8.99. The fourth-order valence-corrected chi connectivity index (χ4v) is 6.04. The predicted octanol–water partition coefficient (Wildman–Crippen LogP) is 3.17. The molecule has 1 N–H and O–H groups in total. The number of amides is 1. The molecule has 6 nitrogen and oxygen atoms in total. The molecular formula is C23H39N3O3S. The topological polar surface area (TPSA) is 69.7 Å². The molecule has 0 bridgehead atoms. The van der Waals surface area contributed by atoms with Gasteiger partial charge in [-0.2, -0.15) is 4.31 Å². The highest BCUT2D eigenvalue weighted by Gasteiger charge is 2.34. The maximum atomic E-state index is 13.4.